The van der Waals surface area contributed by atoms with Crippen molar-refractivity contribution in [2.45, 2.75) is 36.5 Å². The molecule has 4 aromatic carbocycles. The maximum Gasteiger partial charge on any atom is 0.184 e. The summed E-state index contributed by atoms with van der Waals surface area (Å²) in [7, 11) is -3.94. The molecule has 6 heteroatoms. The van der Waals surface area contributed by atoms with Crippen molar-refractivity contribution < 1.29 is 18.3 Å². The van der Waals surface area contributed by atoms with Crippen molar-refractivity contribution >= 4 is 44.2 Å². The van der Waals surface area contributed by atoms with E-state index in [-0.39, 0.29) is 17.1 Å². The molecule has 37 heavy (non-hydrogen) atoms. The molecular formula is C31H31O4PS. The van der Waals surface area contributed by atoms with Crippen LogP contribution in [0.3, 0.4) is 0 Å². The summed E-state index contributed by atoms with van der Waals surface area (Å²) in [5, 5.41) is 12.3. The van der Waals surface area contributed by atoms with E-state index in [0.29, 0.717) is 0 Å². The van der Waals surface area contributed by atoms with Gasteiger partial charge in [-0.25, -0.2) is 8.42 Å². The van der Waals surface area contributed by atoms with Crippen LogP contribution in [0.1, 0.15) is 18.9 Å². The number of ketones is 1. The van der Waals surface area contributed by atoms with Gasteiger partial charge in [0.1, 0.15) is 0 Å². The van der Waals surface area contributed by atoms with Crippen LogP contribution in [0.4, 0.5) is 0 Å². The van der Waals surface area contributed by atoms with E-state index < -0.39 is 28.1 Å². The Morgan fingerprint density at radius 1 is 0.757 bits per heavy atom. The van der Waals surface area contributed by atoms with Gasteiger partial charge in [-0.3, -0.25) is 4.79 Å². The van der Waals surface area contributed by atoms with E-state index >= 15 is 0 Å². The molecule has 0 bridgehead atoms. The molecule has 4 rings (SSSR count). The minimum absolute atomic E-state index is 0.104. The number of carbonyl (C=O) groups is 1. The van der Waals surface area contributed by atoms with Crippen LogP contribution in [-0.4, -0.2) is 36.5 Å². The summed E-state index contributed by atoms with van der Waals surface area (Å²) in [6, 6.07) is 36.2. The van der Waals surface area contributed by atoms with Gasteiger partial charge in [-0.1, -0.05) is 109 Å². The third kappa shape index (κ3) is 5.70. The van der Waals surface area contributed by atoms with Crippen LogP contribution in [0, 0.1) is 6.92 Å². The van der Waals surface area contributed by atoms with Crippen LogP contribution in [0.2, 0.25) is 0 Å². The molecule has 1 N–H and O–H groups in total. The average molecular weight is 531 g/mol. The summed E-state index contributed by atoms with van der Waals surface area (Å²) in [6.45, 7) is 0.727. The zero-order valence-electron chi connectivity index (χ0n) is 20.9. The number of benzene rings is 4. The highest BCUT2D eigenvalue weighted by Crippen LogP contribution is 2.43. The van der Waals surface area contributed by atoms with Gasteiger partial charge in [0.05, 0.1) is 16.2 Å². The molecule has 2 atom stereocenters. The van der Waals surface area contributed by atoms with Gasteiger partial charge in [0, 0.05) is 6.42 Å². The van der Waals surface area contributed by atoms with Crippen molar-refractivity contribution in [3.63, 3.8) is 0 Å². The molecule has 0 spiro atoms. The van der Waals surface area contributed by atoms with Gasteiger partial charge in [0.25, 0.3) is 0 Å². The second-order valence-corrected chi connectivity index (χ2v) is 14.6. The molecule has 0 fully saturated rings. The Balaban J connectivity index is 1.88. The molecule has 190 valence electrons. The van der Waals surface area contributed by atoms with Gasteiger partial charge < -0.3 is 5.11 Å². The zero-order chi connectivity index (χ0) is 26.5. The highest BCUT2D eigenvalue weighted by molar-refractivity contribution is 7.95. The Morgan fingerprint density at radius 3 is 1.54 bits per heavy atom. The second kappa shape index (κ2) is 11.4. The van der Waals surface area contributed by atoms with Gasteiger partial charge in [0.15, 0.2) is 15.6 Å². The molecule has 0 aliphatic rings. The maximum atomic E-state index is 13.8. The fourth-order valence-corrected chi connectivity index (χ4v) is 10.1. The van der Waals surface area contributed by atoms with Crippen molar-refractivity contribution in [3.8, 4) is 0 Å². The van der Waals surface area contributed by atoms with Gasteiger partial charge >= 0.3 is 0 Å². The smallest absolute Gasteiger partial charge is 0.184 e. The summed E-state index contributed by atoms with van der Waals surface area (Å²) in [4.78, 5) is 13.9. The van der Waals surface area contributed by atoms with E-state index in [1.165, 1.54) is 19.1 Å². The predicted octanol–water partition coefficient (Wildman–Crippen LogP) is 4.27. The maximum absolute atomic E-state index is 13.8. The van der Waals surface area contributed by atoms with Gasteiger partial charge in [-0.05, 0) is 54.6 Å². The fourth-order valence-electron chi connectivity index (χ4n) is 4.57. The fraction of sp³-hybridized carbons (Fsp3) is 0.161. The average Bonchev–Trinajstić information content (AvgIpc) is 2.92. The summed E-state index contributed by atoms with van der Waals surface area (Å²) in [5.74, 6) is 1.42. The molecule has 0 aliphatic heterocycles. The van der Waals surface area contributed by atoms with E-state index in [0.717, 1.165) is 21.5 Å². The van der Waals surface area contributed by atoms with Crippen LogP contribution in [-0.2, 0) is 14.6 Å². The minimum Gasteiger partial charge on any atom is -0.392 e. The molecule has 4 aromatic rings. The molecule has 0 amide bonds. The van der Waals surface area contributed by atoms with Crippen molar-refractivity contribution in [1.82, 2.24) is 0 Å². The first kappa shape index (κ1) is 26.8. The number of rotatable bonds is 9. The highest BCUT2D eigenvalue weighted by Gasteiger charge is 2.34. The lowest BCUT2D eigenvalue weighted by Gasteiger charge is -2.29. The quantitative estimate of drug-likeness (QED) is 0.328. The number of hydrogen-bond donors (Lipinski definition) is 1. The molecule has 0 aliphatic carbocycles. The van der Waals surface area contributed by atoms with Gasteiger partial charge in [-0.15, -0.1) is 0 Å². The minimum atomic E-state index is -3.94. The van der Waals surface area contributed by atoms with Crippen LogP contribution in [0.25, 0.3) is 0 Å². The van der Waals surface area contributed by atoms with Crippen LogP contribution < -0.4 is 15.9 Å². The summed E-state index contributed by atoms with van der Waals surface area (Å²) < 4.78 is 27.0. The van der Waals surface area contributed by atoms with Gasteiger partial charge in [-0.2, -0.15) is 0 Å². The molecule has 0 saturated carbocycles. The second-order valence-electron chi connectivity index (χ2n) is 9.17. The summed E-state index contributed by atoms with van der Waals surface area (Å²) in [5.41, 5.74) is 0.931. The molecule has 0 heterocycles. The number of aliphatic hydroxyl groups excluding tert-OH is 1. The van der Waals surface area contributed by atoms with Crippen LogP contribution in [0.5, 0.6) is 0 Å². The molecule has 4 nitrogen and oxygen atoms in total. The standard InChI is InChI=1S/C31H31O4PS/c1-24-18-20-30(21-19-24)37(34,35)31(25(2)32)22-26(33)23-36(27-12-6-3-7-13-27,28-14-8-4-9-15-28)29-16-10-5-11-17-29/h3-21,23,25,31-32H,22H2,1-2H3. The first-order chi connectivity index (χ1) is 17.7. The summed E-state index contributed by atoms with van der Waals surface area (Å²) >= 11 is 0. The zero-order valence-corrected chi connectivity index (χ0v) is 22.6. The Hall–Kier alpha value is -3.24. The SMILES string of the molecule is Cc1ccc(S(=O)(=O)C(CC(=O)C=P(c2ccccc2)(c2ccccc2)c2ccccc2)C(C)O)cc1. The van der Waals surface area contributed by atoms with Crippen LogP contribution in [0.15, 0.2) is 120 Å². The van der Waals surface area contributed by atoms with E-state index in [1.807, 2.05) is 97.9 Å². The third-order valence-electron chi connectivity index (χ3n) is 6.52. The van der Waals surface area contributed by atoms with Crippen molar-refractivity contribution in [3.05, 3.63) is 121 Å². The summed E-state index contributed by atoms with van der Waals surface area (Å²) in [6.07, 6.45) is -1.54. The van der Waals surface area contributed by atoms with E-state index in [4.69, 9.17) is 0 Å². The first-order valence-corrected chi connectivity index (χ1v) is 15.6. The molecule has 0 saturated heterocycles. The lowest BCUT2D eigenvalue weighted by atomic mass is 10.1. The largest absolute Gasteiger partial charge is 0.392 e. The molecule has 0 radical (unpaired) electrons. The molecule has 2 unspecified atom stereocenters. The predicted molar refractivity (Wildman–Crippen MR) is 155 cm³/mol. The Morgan fingerprint density at radius 2 is 1.16 bits per heavy atom. The number of carbonyl (C=O) groups excluding carboxylic acids is 1. The Bertz CT molecular complexity index is 1390. The normalized spacial score (nSPS) is 13.5. The number of Topliss-reactive ketones (excluding diaryl/α,β-unsaturated/α-hetero) is 1. The first-order valence-electron chi connectivity index (χ1n) is 12.2. The van der Waals surface area contributed by atoms with Crippen molar-refractivity contribution in [2.75, 3.05) is 0 Å². The Labute approximate surface area is 219 Å². The molecular weight excluding hydrogens is 499 g/mol. The van der Waals surface area contributed by atoms with Gasteiger partial charge in [0.2, 0.25) is 0 Å². The van der Waals surface area contributed by atoms with E-state index in [1.54, 1.807) is 17.9 Å². The monoisotopic (exact) mass is 530 g/mol. The number of hydrogen-bond acceptors (Lipinski definition) is 4. The number of aryl methyl sites for hydroxylation is 1. The number of sulfone groups is 1. The third-order valence-corrected chi connectivity index (χ3v) is 12.8. The number of aliphatic hydroxyl groups is 1. The Kier molecular flexibility index (Phi) is 8.29. The molecule has 0 aromatic heterocycles. The van der Waals surface area contributed by atoms with Crippen molar-refractivity contribution in [1.29, 1.82) is 0 Å². The van der Waals surface area contributed by atoms with E-state index in [2.05, 4.69) is 0 Å². The lowest BCUT2D eigenvalue weighted by molar-refractivity contribution is -0.112. The lowest BCUT2D eigenvalue weighted by Crippen LogP contribution is -2.36. The van der Waals surface area contributed by atoms with Crippen molar-refractivity contribution in [2.24, 2.45) is 0 Å². The van der Waals surface area contributed by atoms with E-state index in [9.17, 15) is 18.3 Å². The topological polar surface area (TPSA) is 71.4 Å². The highest BCUT2D eigenvalue weighted by atomic mass is 32.2. The van der Waals surface area contributed by atoms with Crippen LogP contribution >= 0.6 is 6.89 Å².